The maximum atomic E-state index is 10.8. The summed E-state index contributed by atoms with van der Waals surface area (Å²) in [5.41, 5.74) is 0. The topological polar surface area (TPSA) is 34.1 Å². The molecule has 1 aliphatic rings. The van der Waals surface area contributed by atoms with Crippen molar-refractivity contribution in [3.63, 3.8) is 0 Å². The van der Waals surface area contributed by atoms with Gasteiger partial charge >= 0.3 is 0 Å². The maximum Gasteiger partial charge on any atom is 0.136 e. The van der Waals surface area contributed by atoms with E-state index in [0.717, 1.165) is 12.7 Å². The highest BCUT2D eigenvalue weighted by molar-refractivity contribution is 5.86. The molecule has 0 aromatic rings. The van der Waals surface area contributed by atoms with E-state index in [0.29, 0.717) is 6.42 Å². The van der Waals surface area contributed by atoms with Crippen molar-refractivity contribution < 1.29 is 9.59 Å². The summed E-state index contributed by atoms with van der Waals surface area (Å²) in [6, 6.07) is 0. The predicted octanol–water partition coefficient (Wildman–Crippen LogP) is 0.800. The van der Waals surface area contributed by atoms with Crippen molar-refractivity contribution in [2.24, 2.45) is 11.8 Å². The summed E-state index contributed by atoms with van der Waals surface area (Å²) in [5, 5.41) is 0. The summed E-state index contributed by atoms with van der Waals surface area (Å²) < 4.78 is 0. The zero-order valence-corrected chi connectivity index (χ0v) is 5.46. The van der Waals surface area contributed by atoms with Crippen LogP contribution >= 0.6 is 0 Å². The van der Waals surface area contributed by atoms with Crippen molar-refractivity contribution in [2.75, 3.05) is 0 Å². The monoisotopic (exact) mass is 126 g/mol. The molecule has 2 atom stereocenters. The molecule has 2 heteroatoms. The van der Waals surface area contributed by atoms with Crippen LogP contribution in [0, 0.1) is 11.8 Å². The average Bonchev–Trinajstić information content (AvgIpc) is 2.15. The molecule has 1 fully saturated rings. The summed E-state index contributed by atoms with van der Waals surface area (Å²) in [5.74, 6) is 0.243. The van der Waals surface area contributed by atoms with Crippen LogP contribution in [-0.4, -0.2) is 12.1 Å². The number of aldehydes is 1. The van der Waals surface area contributed by atoms with E-state index in [1.165, 1.54) is 0 Å². The molecule has 1 aliphatic carbocycles. The maximum absolute atomic E-state index is 10.8. The molecule has 0 N–H and O–H groups in total. The number of carbonyl (C=O) groups excluding carboxylic acids is 2. The number of ketones is 1. The molecule has 0 aliphatic heterocycles. The molecule has 0 aromatic heterocycles. The Morgan fingerprint density at radius 1 is 1.67 bits per heavy atom. The first-order valence-corrected chi connectivity index (χ1v) is 3.23. The lowest BCUT2D eigenvalue weighted by Crippen LogP contribution is -2.10. The third-order valence-electron chi connectivity index (χ3n) is 2.05. The number of rotatable bonds is 1. The summed E-state index contributed by atoms with van der Waals surface area (Å²) in [6.07, 6.45) is 2.27. The van der Waals surface area contributed by atoms with Crippen LogP contribution in [0.15, 0.2) is 0 Å². The van der Waals surface area contributed by atoms with Crippen LogP contribution in [0.4, 0.5) is 0 Å². The third-order valence-corrected chi connectivity index (χ3v) is 2.05. The van der Waals surface area contributed by atoms with Crippen molar-refractivity contribution in [3.8, 4) is 0 Å². The Hall–Kier alpha value is -0.660. The fourth-order valence-corrected chi connectivity index (χ4v) is 1.21. The molecule has 0 radical (unpaired) electrons. The number of hydrogen-bond donors (Lipinski definition) is 0. The van der Waals surface area contributed by atoms with Crippen LogP contribution in [0.1, 0.15) is 19.8 Å². The Kier molecular flexibility index (Phi) is 1.65. The van der Waals surface area contributed by atoms with Gasteiger partial charge in [0.1, 0.15) is 12.1 Å². The Bertz CT molecular complexity index is 140. The SMILES string of the molecule is CC1C(=O)CCC1C=O. The lowest BCUT2D eigenvalue weighted by atomic mass is 10.00. The smallest absolute Gasteiger partial charge is 0.136 e. The fraction of sp³-hybridized carbons (Fsp3) is 0.714. The van der Waals surface area contributed by atoms with Gasteiger partial charge in [0.15, 0.2) is 0 Å². The van der Waals surface area contributed by atoms with Gasteiger partial charge in [0.2, 0.25) is 0 Å². The molecular formula is C7H10O2. The zero-order valence-electron chi connectivity index (χ0n) is 5.46. The van der Waals surface area contributed by atoms with Crippen LogP contribution < -0.4 is 0 Å². The molecule has 9 heavy (non-hydrogen) atoms. The molecule has 0 spiro atoms. The highest BCUT2D eigenvalue weighted by Crippen LogP contribution is 2.25. The highest BCUT2D eigenvalue weighted by atomic mass is 16.1. The van der Waals surface area contributed by atoms with Gasteiger partial charge in [-0.05, 0) is 6.42 Å². The second-order valence-corrected chi connectivity index (χ2v) is 2.59. The van der Waals surface area contributed by atoms with Gasteiger partial charge in [-0.1, -0.05) is 6.92 Å². The highest BCUT2D eigenvalue weighted by Gasteiger charge is 2.29. The van der Waals surface area contributed by atoms with E-state index in [2.05, 4.69) is 0 Å². The van der Waals surface area contributed by atoms with E-state index in [4.69, 9.17) is 0 Å². The Morgan fingerprint density at radius 3 is 2.56 bits per heavy atom. The zero-order chi connectivity index (χ0) is 6.85. The first-order chi connectivity index (χ1) is 4.25. The summed E-state index contributed by atoms with van der Waals surface area (Å²) in [7, 11) is 0. The van der Waals surface area contributed by atoms with Gasteiger partial charge in [0.25, 0.3) is 0 Å². The quantitative estimate of drug-likeness (QED) is 0.487. The van der Waals surface area contributed by atoms with Crippen molar-refractivity contribution in [3.05, 3.63) is 0 Å². The van der Waals surface area contributed by atoms with E-state index in [1.807, 2.05) is 6.92 Å². The molecule has 0 aromatic carbocycles. The van der Waals surface area contributed by atoms with Gasteiger partial charge in [0, 0.05) is 18.3 Å². The molecule has 0 bridgehead atoms. The minimum atomic E-state index is -0.0116. The van der Waals surface area contributed by atoms with E-state index in [9.17, 15) is 9.59 Å². The number of carbonyl (C=O) groups is 2. The molecule has 50 valence electrons. The van der Waals surface area contributed by atoms with Gasteiger partial charge in [-0.15, -0.1) is 0 Å². The van der Waals surface area contributed by atoms with Crippen LogP contribution in [0.2, 0.25) is 0 Å². The van der Waals surface area contributed by atoms with Crippen LogP contribution in [0.3, 0.4) is 0 Å². The van der Waals surface area contributed by atoms with Crippen molar-refractivity contribution >= 4 is 12.1 Å². The average molecular weight is 126 g/mol. The number of Topliss-reactive ketones (excluding diaryl/α,β-unsaturated/α-hetero) is 1. The van der Waals surface area contributed by atoms with E-state index >= 15 is 0 Å². The first-order valence-electron chi connectivity index (χ1n) is 3.23. The Labute approximate surface area is 54.2 Å². The molecule has 1 saturated carbocycles. The Morgan fingerprint density at radius 2 is 2.33 bits per heavy atom. The largest absolute Gasteiger partial charge is 0.303 e. The van der Waals surface area contributed by atoms with Crippen molar-refractivity contribution in [2.45, 2.75) is 19.8 Å². The predicted molar refractivity (Wildman–Crippen MR) is 33.0 cm³/mol. The van der Waals surface area contributed by atoms with Gasteiger partial charge in [0.05, 0.1) is 0 Å². The molecule has 1 rings (SSSR count). The molecule has 2 nitrogen and oxygen atoms in total. The van der Waals surface area contributed by atoms with Gasteiger partial charge in [-0.3, -0.25) is 4.79 Å². The van der Waals surface area contributed by atoms with Gasteiger partial charge in [-0.25, -0.2) is 0 Å². The minimum absolute atomic E-state index is 0.0116. The van der Waals surface area contributed by atoms with Crippen molar-refractivity contribution in [1.82, 2.24) is 0 Å². The molecule has 0 amide bonds. The normalized spacial score (nSPS) is 35.0. The first kappa shape index (κ1) is 6.46. The second kappa shape index (κ2) is 2.29. The van der Waals surface area contributed by atoms with Crippen LogP contribution in [0.25, 0.3) is 0 Å². The van der Waals surface area contributed by atoms with Gasteiger partial charge < -0.3 is 4.79 Å². The lowest BCUT2D eigenvalue weighted by molar-refractivity contribution is -0.122. The van der Waals surface area contributed by atoms with E-state index in [1.54, 1.807) is 0 Å². The standard InChI is InChI=1S/C7H10O2/c1-5-6(4-8)2-3-7(5)9/h4-6H,2-3H2,1H3. The Balaban J connectivity index is 2.61. The van der Waals surface area contributed by atoms with Crippen molar-refractivity contribution in [1.29, 1.82) is 0 Å². The lowest BCUT2D eigenvalue weighted by Gasteiger charge is -2.02. The van der Waals surface area contributed by atoms with E-state index < -0.39 is 0 Å². The summed E-state index contributed by atoms with van der Waals surface area (Å²) in [4.78, 5) is 21.0. The molecule has 2 unspecified atom stereocenters. The summed E-state index contributed by atoms with van der Waals surface area (Å²) in [6.45, 7) is 1.83. The minimum Gasteiger partial charge on any atom is -0.303 e. The molecular weight excluding hydrogens is 116 g/mol. The molecule has 0 heterocycles. The molecule has 0 saturated heterocycles. The van der Waals surface area contributed by atoms with E-state index in [-0.39, 0.29) is 17.6 Å². The third kappa shape index (κ3) is 1.02. The summed E-state index contributed by atoms with van der Waals surface area (Å²) >= 11 is 0. The fourth-order valence-electron chi connectivity index (χ4n) is 1.21. The van der Waals surface area contributed by atoms with Gasteiger partial charge in [-0.2, -0.15) is 0 Å². The van der Waals surface area contributed by atoms with Crippen LogP contribution in [0.5, 0.6) is 0 Å². The number of hydrogen-bond acceptors (Lipinski definition) is 2. The van der Waals surface area contributed by atoms with Crippen LogP contribution in [-0.2, 0) is 9.59 Å². The second-order valence-electron chi connectivity index (χ2n) is 2.59.